The second kappa shape index (κ2) is 6.61. The highest BCUT2D eigenvalue weighted by molar-refractivity contribution is 6.31. The van der Waals surface area contributed by atoms with Gasteiger partial charge in [-0.25, -0.2) is 0 Å². The Morgan fingerprint density at radius 2 is 2.00 bits per heavy atom. The summed E-state index contributed by atoms with van der Waals surface area (Å²) in [4.78, 5) is 0. The third-order valence-corrected chi connectivity index (χ3v) is 3.38. The molecular weight excluding hydrogens is 279 g/mol. The topological polar surface area (TPSA) is 29.9 Å². The number of halogens is 4. The molecule has 1 aromatic rings. The molecule has 0 aliphatic rings. The molecule has 1 atom stereocenters. The number of nitrogens with zero attached hydrogens (tertiary/aromatic N) is 2. The van der Waals surface area contributed by atoms with E-state index < -0.39 is 12.2 Å². The molecular formula is C12H19ClF3N3. The van der Waals surface area contributed by atoms with Crippen molar-refractivity contribution in [3.63, 3.8) is 0 Å². The summed E-state index contributed by atoms with van der Waals surface area (Å²) in [5.41, 5.74) is 1.00. The second-order valence-electron chi connectivity index (χ2n) is 4.41. The Hall–Kier alpha value is -0.750. The first-order valence-electron chi connectivity index (χ1n) is 6.33. The van der Waals surface area contributed by atoms with Gasteiger partial charge >= 0.3 is 6.18 Å². The van der Waals surface area contributed by atoms with Crippen LogP contribution in [0.15, 0.2) is 0 Å². The average Bonchev–Trinajstić information content (AvgIpc) is 2.60. The summed E-state index contributed by atoms with van der Waals surface area (Å²) in [7, 11) is 0. The zero-order chi connectivity index (χ0) is 14.6. The van der Waals surface area contributed by atoms with Gasteiger partial charge in [0.15, 0.2) is 0 Å². The van der Waals surface area contributed by atoms with Gasteiger partial charge < -0.3 is 5.32 Å². The van der Waals surface area contributed by atoms with Crippen molar-refractivity contribution in [2.24, 2.45) is 0 Å². The molecule has 110 valence electrons. The second-order valence-corrected chi connectivity index (χ2v) is 4.79. The lowest BCUT2D eigenvalue weighted by molar-refractivity contribution is -0.155. The molecule has 1 aromatic heterocycles. The Balaban J connectivity index is 2.96. The highest BCUT2D eigenvalue weighted by Crippen LogP contribution is 2.27. The van der Waals surface area contributed by atoms with Gasteiger partial charge in [0, 0.05) is 13.0 Å². The summed E-state index contributed by atoms with van der Waals surface area (Å²) in [6.07, 6.45) is -3.85. The summed E-state index contributed by atoms with van der Waals surface area (Å²) < 4.78 is 40.4. The highest BCUT2D eigenvalue weighted by Gasteiger charge is 2.40. The first-order valence-corrected chi connectivity index (χ1v) is 6.70. The summed E-state index contributed by atoms with van der Waals surface area (Å²) in [6, 6.07) is -1.59. The summed E-state index contributed by atoms with van der Waals surface area (Å²) in [6.45, 7) is 6.17. The highest BCUT2D eigenvalue weighted by atomic mass is 35.5. The summed E-state index contributed by atoms with van der Waals surface area (Å²) in [5.74, 6) is 0. The van der Waals surface area contributed by atoms with Crippen molar-refractivity contribution in [1.82, 2.24) is 15.1 Å². The third kappa shape index (κ3) is 4.11. The van der Waals surface area contributed by atoms with Crippen LogP contribution in [0, 0.1) is 6.92 Å². The maximum Gasteiger partial charge on any atom is 0.404 e. The number of hydrogen-bond donors (Lipinski definition) is 1. The first-order chi connectivity index (χ1) is 8.81. The van der Waals surface area contributed by atoms with Crippen molar-refractivity contribution >= 4 is 11.6 Å². The van der Waals surface area contributed by atoms with Gasteiger partial charge in [0.1, 0.15) is 6.04 Å². The standard InChI is InChI=1S/C12H19ClF3N3/c1-4-6-17-10(12(14,15)16)7-9-11(13)8(3)18-19(9)5-2/h10,17H,4-7H2,1-3H3. The van der Waals surface area contributed by atoms with Crippen LogP contribution in [-0.4, -0.2) is 28.5 Å². The normalized spacial score (nSPS) is 13.8. The Bertz CT molecular complexity index is 415. The number of nitrogens with one attached hydrogen (secondary N) is 1. The lowest BCUT2D eigenvalue weighted by Crippen LogP contribution is -2.44. The van der Waals surface area contributed by atoms with Crippen molar-refractivity contribution in [3.8, 4) is 0 Å². The van der Waals surface area contributed by atoms with E-state index in [-0.39, 0.29) is 6.42 Å². The summed E-state index contributed by atoms with van der Waals surface area (Å²) >= 11 is 6.04. The largest absolute Gasteiger partial charge is 0.404 e. The van der Waals surface area contributed by atoms with Crippen LogP contribution in [0.3, 0.4) is 0 Å². The van der Waals surface area contributed by atoms with Gasteiger partial charge in [-0.2, -0.15) is 18.3 Å². The molecule has 0 amide bonds. The Kier molecular flexibility index (Phi) is 5.67. The van der Waals surface area contributed by atoms with Crippen LogP contribution >= 0.6 is 11.6 Å². The molecule has 0 aliphatic heterocycles. The van der Waals surface area contributed by atoms with Crippen LogP contribution in [0.5, 0.6) is 0 Å². The molecule has 0 spiro atoms. The lowest BCUT2D eigenvalue weighted by Gasteiger charge is -2.22. The molecule has 0 aromatic carbocycles. The monoisotopic (exact) mass is 297 g/mol. The van der Waals surface area contributed by atoms with E-state index in [0.717, 1.165) is 0 Å². The van der Waals surface area contributed by atoms with Crippen LogP contribution in [0.25, 0.3) is 0 Å². The lowest BCUT2D eigenvalue weighted by atomic mass is 10.1. The zero-order valence-corrected chi connectivity index (χ0v) is 12.1. The van der Waals surface area contributed by atoms with Crippen LogP contribution in [0.4, 0.5) is 13.2 Å². The molecule has 1 rings (SSSR count). The Morgan fingerprint density at radius 1 is 1.37 bits per heavy atom. The van der Waals surface area contributed by atoms with Gasteiger partial charge in [-0.05, 0) is 26.8 Å². The van der Waals surface area contributed by atoms with Gasteiger partial charge in [0.25, 0.3) is 0 Å². The first kappa shape index (κ1) is 16.3. The predicted molar refractivity (Wildman–Crippen MR) is 69.5 cm³/mol. The van der Waals surface area contributed by atoms with E-state index >= 15 is 0 Å². The molecule has 0 radical (unpaired) electrons. The molecule has 0 saturated carbocycles. The summed E-state index contributed by atoms with van der Waals surface area (Å²) in [5, 5.41) is 6.98. The number of hydrogen-bond acceptors (Lipinski definition) is 2. The van der Waals surface area contributed by atoms with Gasteiger partial charge in [-0.3, -0.25) is 4.68 Å². The minimum atomic E-state index is -4.30. The molecule has 3 nitrogen and oxygen atoms in total. The minimum Gasteiger partial charge on any atom is -0.306 e. The van der Waals surface area contributed by atoms with E-state index in [0.29, 0.717) is 35.9 Å². The zero-order valence-electron chi connectivity index (χ0n) is 11.3. The Labute approximate surface area is 116 Å². The molecule has 0 saturated heterocycles. The van der Waals surface area contributed by atoms with Crippen LogP contribution in [0.1, 0.15) is 31.7 Å². The fourth-order valence-corrected chi connectivity index (χ4v) is 2.09. The number of aryl methyl sites for hydroxylation is 2. The van der Waals surface area contributed by atoms with Crippen molar-refractivity contribution in [2.75, 3.05) is 6.54 Å². The molecule has 0 aliphatic carbocycles. The van der Waals surface area contributed by atoms with E-state index in [1.165, 1.54) is 4.68 Å². The molecule has 0 bridgehead atoms. The average molecular weight is 298 g/mol. The molecule has 1 unspecified atom stereocenters. The minimum absolute atomic E-state index is 0.197. The maximum absolute atomic E-state index is 13.0. The number of aromatic nitrogens is 2. The smallest absolute Gasteiger partial charge is 0.306 e. The molecule has 1 N–H and O–H groups in total. The van der Waals surface area contributed by atoms with E-state index in [4.69, 9.17) is 11.6 Å². The van der Waals surface area contributed by atoms with Crippen LogP contribution < -0.4 is 5.32 Å². The van der Waals surface area contributed by atoms with E-state index in [1.54, 1.807) is 6.92 Å². The molecule has 7 heteroatoms. The van der Waals surface area contributed by atoms with Crippen LogP contribution in [0.2, 0.25) is 5.02 Å². The maximum atomic E-state index is 13.0. The molecule has 19 heavy (non-hydrogen) atoms. The van der Waals surface area contributed by atoms with Crippen molar-refractivity contribution < 1.29 is 13.2 Å². The Morgan fingerprint density at radius 3 is 2.47 bits per heavy atom. The SMILES string of the molecule is CCCNC(Cc1c(Cl)c(C)nn1CC)C(F)(F)F. The quantitative estimate of drug-likeness (QED) is 0.873. The van der Waals surface area contributed by atoms with Gasteiger partial charge in [0.2, 0.25) is 0 Å². The van der Waals surface area contributed by atoms with Crippen molar-refractivity contribution in [3.05, 3.63) is 16.4 Å². The fraction of sp³-hybridized carbons (Fsp3) is 0.750. The molecule has 1 heterocycles. The van der Waals surface area contributed by atoms with Gasteiger partial charge in [-0.1, -0.05) is 18.5 Å². The fourth-order valence-electron chi connectivity index (χ4n) is 1.88. The van der Waals surface area contributed by atoms with Gasteiger partial charge in [-0.15, -0.1) is 0 Å². The van der Waals surface area contributed by atoms with E-state index in [9.17, 15) is 13.2 Å². The molecule has 0 fully saturated rings. The number of rotatable bonds is 6. The van der Waals surface area contributed by atoms with E-state index in [1.807, 2.05) is 13.8 Å². The van der Waals surface area contributed by atoms with Gasteiger partial charge in [0.05, 0.1) is 16.4 Å². The number of alkyl halides is 3. The van der Waals surface area contributed by atoms with Crippen LogP contribution in [-0.2, 0) is 13.0 Å². The predicted octanol–water partition coefficient (Wildman–Crippen LogP) is 3.34. The van der Waals surface area contributed by atoms with Crippen molar-refractivity contribution in [1.29, 1.82) is 0 Å². The van der Waals surface area contributed by atoms with E-state index in [2.05, 4.69) is 10.4 Å². The van der Waals surface area contributed by atoms with Crippen molar-refractivity contribution in [2.45, 2.75) is 52.4 Å². The third-order valence-electron chi connectivity index (χ3n) is 2.89.